The van der Waals surface area contributed by atoms with Crippen LogP contribution in [0.5, 0.6) is 0 Å². The van der Waals surface area contributed by atoms with Crippen LogP contribution in [-0.2, 0) is 36.4 Å². The van der Waals surface area contributed by atoms with Gasteiger partial charge in [-0.1, -0.05) is 36.4 Å². The van der Waals surface area contributed by atoms with Gasteiger partial charge in [0.2, 0.25) is 0 Å². The minimum absolute atomic E-state index is 0. The molecule has 2 rings (SSSR count). The zero-order valence-electron chi connectivity index (χ0n) is 45.2. The molecule has 362 valence electrons. The molecule has 0 spiro atoms. The number of hydrogen-bond donors (Lipinski definition) is 0. The van der Waals surface area contributed by atoms with Gasteiger partial charge in [-0.2, -0.15) is 0 Å². The number of halogens is 2. The Morgan fingerprint density at radius 3 is 0.500 bits per heavy atom. The van der Waals surface area contributed by atoms with Crippen molar-refractivity contribution in [1.29, 1.82) is 0 Å². The van der Waals surface area contributed by atoms with Crippen molar-refractivity contribution in [1.82, 2.24) is 0 Å². The maximum absolute atomic E-state index is 4.81. The molecule has 0 aliphatic rings. The Morgan fingerprint density at radius 1 is 0.283 bits per heavy atom. The van der Waals surface area contributed by atoms with Gasteiger partial charge in [0.15, 0.2) is 0 Å². The molecule has 0 bridgehead atoms. The van der Waals surface area contributed by atoms with Gasteiger partial charge in [0.25, 0.3) is 0 Å². The maximum Gasteiger partial charge on any atom is 0 e. The van der Waals surface area contributed by atoms with Crippen LogP contribution in [0.4, 0.5) is 0 Å². The summed E-state index contributed by atoms with van der Waals surface area (Å²) < 4.78 is 0. The van der Waals surface area contributed by atoms with E-state index < -0.39 is 31.7 Å². The molecule has 60 heavy (non-hydrogen) atoms. The van der Waals surface area contributed by atoms with Gasteiger partial charge in [0.1, 0.15) is 0 Å². The van der Waals surface area contributed by atoms with Gasteiger partial charge in [-0.05, 0) is 232 Å². The van der Waals surface area contributed by atoms with Crippen molar-refractivity contribution < 1.29 is 36.4 Å². The summed E-state index contributed by atoms with van der Waals surface area (Å²) in [5.41, 5.74) is 0. The molecule has 8 heteroatoms. The molecule has 0 amide bonds. The van der Waals surface area contributed by atoms with Crippen LogP contribution < -0.4 is 10.6 Å². The molecule has 0 saturated carbocycles. The SMILES string of the molecule is CC(C)(C)[PH+](C(C)(C)C)C(C)(C)C.CC(C)(C)[PH+](C(C)(C)C)C(C)(C)C.CC(C)(C)[PH+](c1ccccc1)C(C)(C)C.CC(C)(C)[PH+](c1ccccc1)C(C)(C)C.[Cl][Pd][Cl].[Pd]. The molecule has 2 aromatic rings. The molecule has 0 saturated heterocycles. The normalized spacial score (nSPS) is 13.6. The second-order valence-electron chi connectivity index (χ2n) is 26.8. The molecule has 0 unspecified atom stereocenters. The first-order chi connectivity index (χ1) is 25.6. The second-order valence-corrected chi connectivity index (χ2v) is 48.3. The summed E-state index contributed by atoms with van der Waals surface area (Å²) in [6.07, 6.45) is 0. The Bertz CT molecular complexity index is 1190. The van der Waals surface area contributed by atoms with Crippen LogP contribution in [0.1, 0.15) is 208 Å². The van der Waals surface area contributed by atoms with Gasteiger partial charge in [-0.15, -0.1) is 0 Å². The predicted molar refractivity (Wildman–Crippen MR) is 295 cm³/mol. The molecule has 0 radical (unpaired) electrons. The maximum atomic E-state index is 4.81. The van der Waals surface area contributed by atoms with Crippen LogP contribution in [0, 0.1) is 0 Å². The first-order valence-electron chi connectivity index (χ1n) is 22.1. The third kappa shape index (κ3) is 28.3. The van der Waals surface area contributed by atoms with Crippen molar-refractivity contribution in [3.05, 3.63) is 60.7 Å². The second kappa shape index (κ2) is 26.6. The Morgan fingerprint density at radius 2 is 0.417 bits per heavy atom. The van der Waals surface area contributed by atoms with Crippen LogP contribution in [0.2, 0.25) is 0 Å². The van der Waals surface area contributed by atoms with Gasteiger partial charge in [0.05, 0.1) is 62.2 Å². The summed E-state index contributed by atoms with van der Waals surface area (Å²) in [6.45, 7) is 71.7. The van der Waals surface area contributed by atoms with Crippen LogP contribution in [-0.4, -0.2) is 51.6 Å². The molecule has 0 aliphatic carbocycles. The third-order valence-corrected chi connectivity index (χ3v) is 26.4. The summed E-state index contributed by atoms with van der Waals surface area (Å²) >= 11 is -0.106. The van der Waals surface area contributed by atoms with Crippen LogP contribution in [0.15, 0.2) is 60.7 Å². The molecule has 0 aromatic heterocycles. The monoisotopic (exact) mass is 1130 g/mol. The largest absolute Gasteiger partial charge is 0 e. The van der Waals surface area contributed by atoms with E-state index in [0.717, 1.165) is 0 Å². The van der Waals surface area contributed by atoms with E-state index >= 15 is 0 Å². The van der Waals surface area contributed by atoms with Crippen LogP contribution >= 0.6 is 50.7 Å². The zero-order chi connectivity index (χ0) is 48.2. The molecule has 0 fully saturated rings. The Hall–Kier alpha value is 2.06. The van der Waals surface area contributed by atoms with E-state index in [1.165, 1.54) is 0 Å². The van der Waals surface area contributed by atoms with Gasteiger partial charge in [-0.3, -0.25) is 0 Å². The van der Waals surface area contributed by atoms with Crippen LogP contribution in [0.3, 0.4) is 0 Å². The topological polar surface area (TPSA) is 0 Å². The van der Waals surface area contributed by atoms with Crippen molar-refractivity contribution >= 4 is 61.4 Å². The first-order valence-corrected chi connectivity index (χ1v) is 32.1. The molecular formula is C52H104Cl2P4Pd2+4. The van der Waals surface area contributed by atoms with Gasteiger partial charge in [0, 0.05) is 52.1 Å². The van der Waals surface area contributed by atoms with Crippen molar-refractivity contribution in [2.45, 2.75) is 259 Å². The molecule has 0 atom stereocenters. The minimum atomic E-state index is -0.553. The predicted octanol–water partition coefficient (Wildman–Crippen LogP) is 18.8. The number of benzene rings is 2. The van der Waals surface area contributed by atoms with E-state index in [2.05, 4.69) is 268 Å². The Kier molecular flexibility index (Phi) is 30.4. The molecule has 0 nitrogen and oxygen atoms in total. The quantitative estimate of drug-likeness (QED) is 0.208. The average molecular weight is 1140 g/mol. The summed E-state index contributed by atoms with van der Waals surface area (Å²) in [7, 11) is 7.74. The number of hydrogen-bond acceptors (Lipinski definition) is 0. The summed E-state index contributed by atoms with van der Waals surface area (Å²) in [6, 6.07) is 22.1. The van der Waals surface area contributed by atoms with Crippen molar-refractivity contribution in [2.24, 2.45) is 0 Å². The fourth-order valence-electron chi connectivity index (χ4n) is 11.9. The van der Waals surface area contributed by atoms with E-state index in [0.29, 0.717) is 51.6 Å². The smallest absolute Gasteiger partial charge is 0 e. The van der Waals surface area contributed by atoms with Crippen LogP contribution in [0.25, 0.3) is 0 Å². The van der Waals surface area contributed by atoms with E-state index in [4.69, 9.17) is 19.1 Å². The minimum Gasteiger partial charge on any atom is 0 e. The average Bonchev–Trinajstić information content (AvgIpc) is 2.87. The van der Waals surface area contributed by atoms with Crippen molar-refractivity contribution in [2.75, 3.05) is 0 Å². The standard InChI is InChI=1S/2C14H23P.2C12H27P.2ClH.2Pd/c2*1-13(2,3)15(14(4,5)6)12-10-8-7-9-11-12;2*1-10(2,3)13(11(4,5)6)12(7,8)9;;;;/h2*7-11H,1-6H3;2*1-9H3;2*1H;;/q;;;;;;;+2/p+2. The molecular weight excluding hydrogens is 1030 g/mol. The Labute approximate surface area is 414 Å². The summed E-state index contributed by atoms with van der Waals surface area (Å²) in [5, 5.41) is 7.67. The van der Waals surface area contributed by atoms with E-state index in [9.17, 15) is 0 Å². The molecule has 0 N–H and O–H groups in total. The number of rotatable bonds is 2. The molecule has 0 heterocycles. The summed E-state index contributed by atoms with van der Waals surface area (Å²) in [5.74, 6) is 0. The van der Waals surface area contributed by atoms with Crippen molar-refractivity contribution in [3.63, 3.8) is 0 Å². The van der Waals surface area contributed by atoms with Gasteiger partial charge < -0.3 is 0 Å². The van der Waals surface area contributed by atoms with Crippen molar-refractivity contribution in [3.8, 4) is 0 Å². The van der Waals surface area contributed by atoms with E-state index in [1.54, 1.807) is 10.6 Å². The van der Waals surface area contributed by atoms with Gasteiger partial charge in [-0.25, -0.2) is 0 Å². The van der Waals surface area contributed by atoms with E-state index in [1.807, 2.05) is 0 Å². The third-order valence-electron chi connectivity index (χ3n) is 9.62. The van der Waals surface area contributed by atoms with E-state index in [-0.39, 0.29) is 36.4 Å². The first kappa shape index (κ1) is 68.6. The summed E-state index contributed by atoms with van der Waals surface area (Å²) in [4.78, 5) is 0. The molecule has 2 aromatic carbocycles. The molecule has 0 aliphatic heterocycles. The zero-order valence-corrected chi connectivity index (χ0v) is 53.8. The fourth-order valence-corrected chi connectivity index (χ4v) is 34.5. The van der Waals surface area contributed by atoms with Gasteiger partial charge >= 0.3 is 35.0 Å². The Balaban J connectivity index is -0.000000339. The fraction of sp³-hybridized carbons (Fsp3) is 0.769.